The summed E-state index contributed by atoms with van der Waals surface area (Å²) in [6, 6.07) is 11.8. The molecular weight excluding hydrogens is 332 g/mol. The molecule has 0 saturated heterocycles. The number of rotatable bonds is 7. The van der Waals surface area contributed by atoms with Gasteiger partial charge >= 0.3 is 11.9 Å². The van der Waals surface area contributed by atoms with E-state index >= 15 is 0 Å². The fraction of sp³-hybridized carbons (Fsp3) is 0.333. The molecule has 0 unspecified atom stereocenters. The summed E-state index contributed by atoms with van der Waals surface area (Å²) in [6.45, 7) is 5.99. The van der Waals surface area contributed by atoms with Crippen LogP contribution in [0.1, 0.15) is 23.6 Å². The van der Waals surface area contributed by atoms with Crippen LogP contribution in [0.15, 0.2) is 36.4 Å². The van der Waals surface area contributed by atoms with E-state index in [0.29, 0.717) is 6.61 Å². The summed E-state index contributed by atoms with van der Waals surface area (Å²) < 4.78 is 15.2. The highest BCUT2D eigenvalue weighted by Gasteiger charge is 2.10. The Morgan fingerprint density at radius 3 is 2.12 bits per heavy atom. The Balaban J connectivity index is 2.12. The average molecular weight is 356 g/mol. The second kappa shape index (κ2) is 9.04. The maximum absolute atomic E-state index is 11.4. The van der Waals surface area contributed by atoms with Crippen molar-refractivity contribution in [3.05, 3.63) is 53.1 Å². The smallest absolute Gasteiger partial charge is 0.309 e. The monoisotopic (exact) mass is 356 g/mol. The molecule has 0 aliphatic rings. The molecule has 0 N–H and O–H groups in total. The first-order chi connectivity index (χ1) is 12.4. The minimum atomic E-state index is -0.313. The van der Waals surface area contributed by atoms with Gasteiger partial charge < -0.3 is 14.2 Å². The number of hydrogen-bond acceptors (Lipinski definition) is 5. The third-order valence-corrected chi connectivity index (χ3v) is 3.98. The van der Waals surface area contributed by atoms with Gasteiger partial charge in [-0.2, -0.15) is 0 Å². The fourth-order valence-corrected chi connectivity index (χ4v) is 2.84. The van der Waals surface area contributed by atoms with Crippen molar-refractivity contribution in [1.82, 2.24) is 0 Å². The van der Waals surface area contributed by atoms with Gasteiger partial charge in [0.25, 0.3) is 0 Å². The van der Waals surface area contributed by atoms with Gasteiger partial charge in [0.05, 0.1) is 13.5 Å². The molecule has 2 aromatic rings. The summed E-state index contributed by atoms with van der Waals surface area (Å²) in [7, 11) is 1.39. The van der Waals surface area contributed by atoms with E-state index in [1.54, 1.807) is 0 Å². The lowest BCUT2D eigenvalue weighted by Gasteiger charge is -2.14. The van der Waals surface area contributed by atoms with E-state index in [0.717, 1.165) is 33.6 Å². The van der Waals surface area contributed by atoms with E-state index in [1.165, 1.54) is 14.0 Å². The zero-order valence-electron chi connectivity index (χ0n) is 15.6. The van der Waals surface area contributed by atoms with Crippen LogP contribution in [0.5, 0.6) is 5.75 Å². The standard InChI is InChI=1S/C21H24O5/c1-14-11-19(26-10-9-25-16(3)22)12-15(2)21(14)18-7-5-17(6-8-18)13-20(23)24-4/h5-8,11-12H,9-10,13H2,1-4H3. The van der Waals surface area contributed by atoms with Crippen molar-refractivity contribution >= 4 is 11.9 Å². The molecule has 0 radical (unpaired) electrons. The Morgan fingerprint density at radius 1 is 0.962 bits per heavy atom. The average Bonchev–Trinajstić information content (AvgIpc) is 2.59. The van der Waals surface area contributed by atoms with Crippen LogP contribution in [0.2, 0.25) is 0 Å². The maximum Gasteiger partial charge on any atom is 0.309 e. The Hall–Kier alpha value is -2.82. The Morgan fingerprint density at radius 2 is 1.58 bits per heavy atom. The fourth-order valence-electron chi connectivity index (χ4n) is 2.84. The third-order valence-electron chi connectivity index (χ3n) is 3.98. The van der Waals surface area contributed by atoms with Crippen molar-refractivity contribution in [2.24, 2.45) is 0 Å². The zero-order chi connectivity index (χ0) is 19.1. The minimum Gasteiger partial charge on any atom is -0.490 e. The van der Waals surface area contributed by atoms with Gasteiger partial charge in [-0.3, -0.25) is 9.59 Å². The summed E-state index contributed by atoms with van der Waals surface area (Å²) in [4.78, 5) is 22.1. The van der Waals surface area contributed by atoms with Crippen LogP contribution in [0.3, 0.4) is 0 Å². The van der Waals surface area contributed by atoms with Crippen LogP contribution < -0.4 is 4.74 Å². The van der Waals surface area contributed by atoms with Gasteiger partial charge in [0.1, 0.15) is 19.0 Å². The SMILES string of the molecule is COC(=O)Cc1ccc(-c2c(C)cc(OCCOC(C)=O)cc2C)cc1. The predicted octanol–water partition coefficient (Wildman–Crippen LogP) is 3.63. The van der Waals surface area contributed by atoms with E-state index in [2.05, 4.69) is 0 Å². The van der Waals surface area contributed by atoms with Crippen LogP contribution >= 0.6 is 0 Å². The van der Waals surface area contributed by atoms with Gasteiger partial charge in [-0.1, -0.05) is 24.3 Å². The van der Waals surface area contributed by atoms with E-state index in [4.69, 9.17) is 14.2 Å². The molecule has 138 valence electrons. The molecule has 2 rings (SSSR count). The van der Waals surface area contributed by atoms with Gasteiger partial charge in [0.2, 0.25) is 0 Å². The molecule has 5 nitrogen and oxygen atoms in total. The van der Waals surface area contributed by atoms with E-state index in [-0.39, 0.29) is 25.0 Å². The van der Waals surface area contributed by atoms with Crippen LogP contribution in [0.25, 0.3) is 11.1 Å². The van der Waals surface area contributed by atoms with Crippen LogP contribution in [0.4, 0.5) is 0 Å². The third kappa shape index (κ3) is 5.34. The first-order valence-electron chi connectivity index (χ1n) is 8.44. The molecule has 0 atom stereocenters. The summed E-state index contributed by atoms with van der Waals surface area (Å²) in [6.07, 6.45) is 0.268. The highest BCUT2D eigenvalue weighted by atomic mass is 16.6. The molecule has 5 heteroatoms. The second-order valence-corrected chi connectivity index (χ2v) is 6.07. The molecule has 0 saturated carbocycles. The van der Waals surface area contributed by atoms with E-state index in [1.807, 2.05) is 50.2 Å². The minimum absolute atomic E-state index is 0.233. The molecule has 26 heavy (non-hydrogen) atoms. The molecule has 0 spiro atoms. The molecule has 0 aliphatic heterocycles. The molecule has 0 aromatic heterocycles. The number of benzene rings is 2. The lowest BCUT2D eigenvalue weighted by molar-refractivity contribution is -0.142. The molecule has 0 fully saturated rings. The number of carbonyl (C=O) groups is 2. The summed E-state index contributed by atoms with van der Waals surface area (Å²) in [5.41, 5.74) is 5.32. The van der Waals surface area contributed by atoms with Gasteiger partial charge in [0.15, 0.2) is 0 Å². The predicted molar refractivity (Wildman–Crippen MR) is 99.2 cm³/mol. The topological polar surface area (TPSA) is 61.8 Å². The Kier molecular flexibility index (Phi) is 6.78. The maximum atomic E-state index is 11.4. The quantitative estimate of drug-likeness (QED) is 0.560. The lowest BCUT2D eigenvalue weighted by Crippen LogP contribution is -2.09. The highest BCUT2D eigenvalue weighted by Crippen LogP contribution is 2.31. The zero-order valence-corrected chi connectivity index (χ0v) is 15.6. The van der Waals surface area contributed by atoms with Crippen LogP contribution in [-0.2, 0) is 25.5 Å². The number of esters is 2. The molecule has 0 aliphatic carbocycles. The van der Waals surface area contributed by atoms with E-state index < -0.39 is 0 Å². The van der Waals surface area contributed by atoms with Crippen molar-refractivity contribution in [3.63, 3.8) is 0 Å². The number of ether oxygens (including phenoxy) is 3. The summed E-state index contributed by atoms with van der Waals surface area (Å²) in [5, 5.41) is 0. The van der Waals surface area contributed by atoms with Crippen molar-refractivity contribution in [1.29, 1.82) is 0 Å². The van der Waals surface area contributed by atoms with Crippen molar-refractivity contribution in [3.8, 4) is 16.9 Å². The first kappa shape index (κ1) is 19.5. The van der Waals surface area contributed by atoms with E-state index in [9.17, 15) is 9.59 Å². The van der Waals surface area contributed by atoms with Gasteiger partial charge in [-0.25, -0.2) is 0 Å². The van der Waals surface area contributed by atoms with Crippen LogP contribution in [0, 0.1) is 13.8 Å². The second-order valence-electron chi connectivity index (χ2n) is 6.07. The molecule has 0 heterocycles. The van der Waals surface area contributed by atoms with Gasteiger partial charge in [0, 0.05) is 6.92 Å². The van der Waals surface area contributed by atoms with Gasteiger partial charge in [-0.05, 0) is 53.8 Å². The number of hydrogen-bond donors (Lipinski definition) is 0. The summed E-state index contributed by atoms with van der Waals surface area (Å²) in [5.74, 6) is 0.186. The Bertz CT molecular complexity index is 754. The largest absolute Gasteiger partial charge is 0.490 e. The number of aryl methyl sites for hydroxylation is 2. The van der Waals surface area contributed by atoms with Crippen molar-refractivity contribution in [2.45, 2.75) is 27.2 Å². The molecular formula is C21H24O5. The summed E-state index contributed by atoms with van der Waals surface area (Å²) >= 11 is 0. The first-order valence-corrected chi connectivity index (χ1v) is 8.44. The highest BCUT2D eigenvalue weighted by molar-refractivity contribution is 5.75. The molecule has 0 amide bonds. The molecule has 2 aromatic carbocycles. The van der Waals surface area contributed by atoms with Crippen molar-refractivity contribution in [2.75, 3.05) is 20.3 Å². The Labute approximate surface area is 153 Å². The number of carbonyl (C=O) groups excluding carboxylic acids is 2. The van der Waals surface area contributed by atoms with Crippen molar-refractivity contribution < 1.29 is 23.8 Å². The number of methoxy groups -OCH3 is 1. The van der Waals surface area contributed by atoms with Crippen LogP contribution in [-0.4, -0.2) is 32.3 Å². The molecule has 0 bridgehead atoms. The normalized spacial score (nSPS) is 10.3. The van der Waals surface area contributed by atoms with Gasteiger partial charge in [-0.15, -0.1) is 0 Å². The lowest BCUT2D eigenvalue weighted by atomic mass is 9.94.